The molecule has 0 saturated carbocycles. The van der Waals surface area contributed by atoms with E-state index in [2.05, 4.69) is 252 Å². The maximum absolute atomic E-state index is 6.71. The average Bonchev–Trinajstić information content (AvgIpc) is 4.10. The van der Waals surface area contributed by atoms with E-state index in [1.54, 1.807) is 0 Å². The van der Waals surface area contributed by atoms with Crippen LogP contribution in [0.25, 0.3) is 99.7 Å². The molecular formula is C64H42N4OSi. The average molecular weight is 911 g/mol. The van der Waals surface area contributed by atoms with Crippen LogP contribution in [-0.2, 0) is 0 Å². The molecule has 0 aliphatic carbocycles. The predicted molar refractivity (Wildman–Crippen MR) is 292 cm³/mol. The van der Waals surface area contributed by atoms with Gasteiger partial charge in [-0.05, 0) is 75.3 Å². The van der Waals surface area contributed by atoms with Gasteiger partial charge in [-0.1, -0.05) is 200 Å². The normalized spacial score (nSPS) is 12.0. The van der Waals surface area contributed by atoms with Gasteiger partial charge in [0.1, 0.15) is 11.2 Å². The van der Waals surface area contributed by atoms with Gasteiger partial charge in [-0.2, -0.15) is 0 Å². The van der Waals surface area contributed by atoms with Gasteiger partial charge in [0.05, 0.1) is 33.5 Å². The van der Waals surface area contributed by atoms with E-state index in [0.29, 0.717) is 5.95 Å². The Kier molecular flexibility index (Phi) is 9.15. The van der Waals surface area contributed by atoms with E-state index >= 15 is 0 Å². The molecule has 0 atom stereocenters. The first kappa shape index (κ1) is 40.0. The molecule has 0 N–H and O–H groups in total. The van der Waals surface area contributed by atoms with E-state index in [9.17, 15) is 0 Å². The van der Waals surface area contributed by atoms with Gasteiger partial charge in [0.25, 0.3) is 0 Å². The number of furan rings is 1. The van der Waals surface area contributed by atoms with Crippen LogP contribution in [0.5, 0.6) is 0 Å². The first-order chi connectivity index (χ1) is 34.7. The molecule has 4 heterocycles. The minimum absolute atomic E-state index is 0.583. The lowest BCUT2D eigenvalue weighted by molar-refractivity contribution is 0.670. The molecule has 14 aromatic rings. The van der Waals surface area contributed by atoms with E-state index in [1.807, 2.05) is 12.1 Å². The molecule has 5 nitrogen and oxygen atoms in total. The van der Waals surface area contributed by atoms with E-state index in [4.69, 9.17) is 14.4 Å². The highest BCUT2D eigenvalue weighted by Crippen LogP contribution is 2.39. The van der Waals surface area contributed by atoms with Crippen molar-refractivity contribution in [3.8, 4) is 34.2 Å². The zero-order valence-corrected chi connectivity index (χ0v) is 38.9. The van der Waals surface area contributed by atoms with Gasteiger partial charge in [0, 0.05) is 49.1 Å². The molecule has 0 fully saturated rings. The largest absolute Gasteiger partial charge is 0.455 e. The number of para-hydroxylation sites is 5. The summed E-state index contributed by atoms with van der Waals surface area (Å²) in [5, 5.41) is 12.1. The van der Waals surface area contributed by atoms with Crippen molar-refractivity contribution in [1.29, 1.82) is 0 Å². The standard InChI is InChI=1S/C64H42N4OSi/c1-4-21-45(22-5-1)70(46-23-6-2-7-24-46,47-25-8-3-9-26-47)48-27-18-20-43(40-48)56-42-57(54-33-19-32-53-52-31-13-17-37-62(52)69-63(53)54)66-64(65-56)68-60-36-16-12-30-51(60)55-41-44(38-39-61(55)68)67-58-34-14-10-28-49(58)50-29-11-15-35-59(50)67/h1-42H. The molecular weight excluding hydrogens is 869 g/mol. The molecule has 6 heteroatoms. The highest BCUT2D eigenvalue weighted by Gasteiger charge is 2.41. The Morgan fingerprint density at radius 3 is 1.46 bits per heavy atom. The number of fused-ring (bicyclic) bond motifs is 9. The quantitative estimate of drug-likeness (QED) is 0.113. The smallest absolute Gasteiger partial charge is 0.235 e. The number of hydrogen-bond donors (Lipinski definition) is 0. The topological polar surface area (TPSA) is 48.8 Å². The summed E-state index contributed by atoms with van der Waals surface area (Å²) in [6.07, 6.45) is 0. The third-order valence-corrected chi connectivity index (χ3v) is 19.1. The highest BCUT2D eigenvalue weighted by atomic mass is 28.3. The fraction of sp³-hybridized carbons (Fsp3) is 0. The van der Waals surface area contributed by atoms with Crippen LogP contribution in [-0.4, -0.2) is 27.2 Å². The van der Waals surface area contributed by atoms with Crippen LogP contribution in [0.2, 0.25) is 0 Å². The van der Waals surface area contributed by atoms with Crippen molar-refractivity contribution in [1.82, 2.24) is 19.1 Å². The van der Waals surface area contributed by atoms with E-state index in [-0.39, 0.29) is 0 Å². The number of nitrogens with zero attached hydrogens (tertiary/aromatic N) is 4. The summed E-state index contributed by atoms with van der Waals surface area (Å²) >= 11 is 0. The van der Waals surface area contributed by atoms with Crippen LogP contribution >= 0.6 is 0 Å². The fourth-order valence-corrected chi connectivity index (χ4v) is 16.1. The van der Waals surface area contributed by atoms with E-state index < -0.39 is 8.07 Å². The number of benzene rings is 10. The van der Waals surface area contributed by atoms with Gasteiger partial charge >= 0.3 is 0 Å². The van der Waals surface area contributed by atoms with E-state index in [0.717, 1.165) is 71.9 Å². The number of aromatic nitrogens is 4. The van der Waals surface area contributed by atoms with Crippen LogP contribution in [0.3, 0.4) is 0 Å². The summed E-state index contributed by atoms with van der Waals surface area (Å²) in [5.41, 5.74) is 10.7. The first-order valence-corrected chi connectivity index (χ1v) is 25.8. The second-order valence-corrected chi connectivity index (χ2v) is 21.9. The van der Waals surface area contributed by atoms with Crippen molar-refractivity contribution in [2.45, 2.75) is 0 Å². The van der Waals surface area contributed by atoms with Gasteiger partial charge in [0.15, 0.2) is 8.07 Å². The van der Waals surface area contributed by atoms with Crippen molar-refractivity contribution in [3.63, 3.8) is 0 Å². The molecule has 70 heavy (non-hydrogen) atoms. The highest BCUT2D eigenvalue weighted by molar-refractivity contribution is 7.19. The Morgan fingerprint density at radius 2 is 0.814 bits per heavy atom. The molecule has 0 bridgehead atoms. The van der Waals surface area contributed by atoms with Crippen LogP contribution in [0.4, 0.5) is 0 Å². The van der Waals surface area contributed by atoms with Gasteiger partial charge in [-0.15, -0.1) is 0 Å². The Morgan fingerprint density at radius 1 is 0.329 bits per heavy atom. The Labute approximate surface area is 404 Å². The van der Waals surface area contributed by atoms with Crippen LogP contribution in [0, 0.1) is 0 Å². The Balaban J connectivity index is 1.03. The van der Waals surface area contributed by atoms with Crippen molar-refractivity contribution in [2.75, 3.05) is 0 Å². The lowest BCUT2D eigenvalue weighted by Crippen LogP contribution is -2.74. The predicted octanol–water partition coefficient (Wildman–Crippen LogP) is 13.3. The SMILES string of the molecule is c1ccc([Si](c2ccccc2)(c2ccccc2)c2cccc(-c3cc(-c4cccc5c4oc4ccccc45)nc(-n4c5ccccc5c5cc(-n6c7ccccc7c7ccccc76)ccc54)n3)c2)cc1. The van der Waals surface area contributed by atoms with Crippen molar-refractivity contribution in [3.05, 3.63) is 255 Å². The number of hydrogen-bond acceptors (Lipinski definition) is 3. The molecule has 0 aliphatic rings. The lowest BCUT2D eigenvalue weighted by Gasteiger charge is -2.34. The van der Waals surface area contributed by atoms with Gasteiger partial charge in [-0.25, -0.2) is 9.97 Å². The molecule has 328 valence electrons. The second kappa shape index (κ2) is 16.0. The van der Waals surface area contributed by atoms with Crippen molar-refractivity contribution >= 4 is 94.4 Å². The Bertz CT molecular complexity index is 4160. The van der Waals surface area contributed by atoms with E-state index in [1.165, 1.54) is 42.6 Å². The molecule has 0 aliphatic heterocycles. The maximum Gasteiger partial charge on any atom is 0.235 e. The molecule has 4 aromatic heterocycles. The summed E-state index contributed by atoms with van der Waals surface area (Å²) in [7, 11) is -2.86. The molecule has 0 unspecified atom stereocenters. The summed E-state index contributed by atoms with van der Waals surface area (Å²) in [6.45, 7) is 0. The van der Waals surface area contributed by atoms with Crippen molar-refractivity contribution in [2.24, 2.45) is 0 Å². The maximum atomic E-state index is 6.71. The van der Waals surface area contributed by atoms with Gasteiger partial charge < -0.3 is 8.98 Å². The molecule has 14 rings (SSSR count). The lowest BCUT2D eigenvalue weighted by atomic mass is 10.0. The summed E-state index contributed by atoms with van der Waals surface area (Å²) in [5.74, 6) is 0.583. The van der Waals surface area contributed by atoms with Gasteiger partial charge in [-0.3, -0.25) is 4.57 Å². The second-order valence-electron chi connectivity index (χ2n) is 18.1. The zero-order valence-electron chi connectivity index (χ0n) is 37.9. The molecule has 0 amide bonds. The first-order valence-electron chi connectivity index (χ1n) is 23.8. The minimum atomic E-state index is -2.86. The third-order valence-electron chi connectivity index (χ3n) is 14.3. The summed E-state index contributed by atoms with van der Waals surface area (Å²) in [4.78, 5) is 11.2. The van der Waals surface area contributed by atoms with Crippen LogP contribution < -0.4 is 20.7 Å². The zero-order chi connectivity index (χ0) is 46.2. The minimum Gasteiger partial charge on any atom is -0.455 e. The molecule has 0 saturated heterocycles. The van der Waals surface area contributed by atoms with Crippen molar-refractivity contribution < 1.29 is 4.42 Å². The van der Waals surface area contributed by atoms with Crippen LogP contribution in [0.15, 0.2) is 259 Å². The molecule has 10 aromatic carbocycles. The fourth-order valence-electron chi connectivity index (χ4n) is 11.3. The number of rotatable bonds is 8. The summed E-state index contributed by atoms with van der Waals surface area (Å²) < 4.78 is 11.3. The molecule has 0 radical (unpaired) electrons. The van der Waals surface area contributed by atoms with Gasteiger partial charge in [0.2, 0.25) is 5.95 Å². The Hall–Kier alpha value is -9.10. The summed E-state index contributed by atoms with van der Waals surface area (Å²) in [6, 6.07) is 91.9. The third kappa shape index (κ3) is 6.10. The molecule has 0 spiro atoms. The van der Waals surface area contributed by atoms with Crippen LogP contribution in [0.1, 0.15) is 0 Å². The monoisotopic (exact) mass is 910 g/mol.